The van der Waals surface area contributed by atoms with Crippen molar-refractivity contribution in [3.8, 4) is 17.2 Å². The van der Waals surface area contributed by atoms with Crippen molar-refractivity contribution in [1.29, 1.82) is 0 Å². The summed E-state index contributed by atoms with van der Waals surface area (Å²) in [7, 11) is 3.09. The van der Waals surface area contributed by atoms with Crippen molar-refractivity contribution in [2.45, 2.75) is 9.79 Å². The molecule has 2 aromatic carbocycles. The number of phenols is 1. The second-order valence-corrected chi connectivity index (χ2v) is 7.00. The Morgan fingerprint density at radius 3 is 2.29 bits per heavy atom. The van der Waals surface area contributed by atoms with Crippen LogP contribution in [0.5, 0.6) is 17.2 Å². The average Bonchev–Trinajstić information content (AvgIpc) is 2.93. The van der Waals surface area contributed by atoms with E-state index >= 15 is 0 Å². The molecule has 0 radical (unpaired) electrons. The molecule has 2 N–H and O–H groups in total. The maximum Gasteiger partial charge on any atom is 0.347 e. The van der Waals surface area contributed by atoms with Gasteiger partial charge in [-0.2, -0.15) is 0 Å². The molecule has 0 amide bonds. The lowest BCUT2D eigenvalue weighted by Crippen LogP contribution is -1.93. The minimum atomic E-state index is -0.976. The van der Waals surface area contributed by atoms with E-state index in [9.17, 15) is 15.0 Å². The molecule has 0 fully saturated rings. The molecule has 3 rings (SSSR count). The van der Waals surface area contributed by atoms with Crippen LogP contribution in [-0.2, 0) is 0 Å². The first-order valence-electron chi connectivity index (χ1n) is 6.92. The molecule has 0 aliphatic rings. The number of aromatic hydroxyl groups is 1. The number of benzene rings is 2. The van der Waals surface area contributed by atoms with E-state index in [0.29, 0.717) is 16.4 Å². The number of carboxylic acids is 1. The van der Waals surface area contributed by atoms with E-state index in [4.69, 9.17) is 9.47 Å². The van der Waals surface area contributed by atoms with Crippen LogP contribution >= 0.6 is 23.1 Å². The van der Waals surface area contributed by atoms with Crippen molar-refractivity contribution in [3.05, 3.63) is 41.3 Å². The van der Waals surface area contributed by atoms with Gasteiger partial charge in [0.2, 0.25) is 0 Å². The number of hydrogen-bond acceptors (Lipinski definition) is 6. The molecule has 1 aromatic heterocycles. The van der Waals surface area contributed by atoms with E-state index in [1.165, 1.54) is 23.1 Å². The lowest BCUT2D eigenvalue weighted by atomic mass is 10.2. The van der Waals surface area contributed by atoms with Gasteiger partial charge in [0.1, 0.15) is 10.6 Å². The number of carboxylic acid groups (broad SMARTS) is 1. The Balaban J connectivity index is 2.17. The number of methoxy groups -OCH3 is 2. The number of rotatable bonds is 5. The summed E-state index contributed by atoms with van der Waals surface area (Å²) in [6.07, 6.45) is 0. The molecule has 0 unspecified atom stereocenters. The van der Waals surface area contributed by atoms with Gasteiger partial charge in [0.05, 0.1) is 14.2 Å². The Labute approximate surface area is 146 Å². The molecule has 0 aliphatic heterocycles. The Hall–Kier alpha value is -2.38. The zero-order valence-corrected chi connectivity index (χ0v) is 14.5. The van der Waals surface area contributed by atoms with E-state index in [2.05, 4.69) is 0 Å². The molecule has 1 heterocycles. The molecule has 0 spiro atoms. The fourth-order valence-electron chi connectivity index (χ4n) is 2.27. The first-order valence-corrected chi connectivity index (χ1v) is 8.55. The highest BCUT2D eigenvalue weighted by atomic mass is 32.2. The number of carbonyl (C=O) groups is 1. The summed E-state index contributed by atoms with van der Waals surface area (Å²) in [5, 5.41) is 19.7. The highest BCUT2D eigenvalue weighted by Crippen LogP contribution is 2.45. The van der Waals surface area contributed by atoms with Gasteiger partial charge < -0.3 is 19.7 Å². The molecule has 0 saturated heterocycles. The summed E-state index contributed by atoms with van der Waals surface area (Å²) < 4.78 is 11.4. The summed E-state index contributed by atoms with van der Waals surface area (Å²) in [6.45, 7) is 0. The molecule has 3 aromatic rings. The third-order valence-corrected chi connectivity index (χ3v) is 5.81. The molecule has 7 heteroatoms. The fraction of sp³-hybridized carbons (Fsp3) is 0.118. The van der Waals surface area contributed by atoms with Crippen molar-refractivity contribution < 1.29 is 24.5 Å². The maximum absolute atomic E-state index is 11.6. The molecule has 0 bridgehead atoms. The molecule has 0 aliphatic carbocycles. The van der Waals surface area contributed by atoms with Gasteiger partial charge >= 0.3 is 5.97 Å². The quantitative estimate of drug-likeness (QED) is 0.697. The fourth-order valence-corrected chi connectivity index (χ4v) is 4.50. The van der Waals surface area contributed by atoms with Gasteiger partial charge in [-0.25, -0.2) is 4.79 Å². The third-order valence-electron chi connectivity index (χ3n) is 3.40. The second-order valence-electron chi connectivity index (χ2n) is 4.86. The number of phenolic OH excluding ortho intramolecular Hbond substituents is 1. The summed E-state index contributed by atoms with van der Waals surface area (Å²) in [5.74, 6) is 0.298. The SMILES string of the molecule is COc1cc2sc(C(=O)O)c(Sc3ccc(O)cc3)c2cc1OC. The molecular formula is C17H14O5S2. The van der Waals surface area contributed by atoms with Crippen molar-refractivity contribution in [1.82, 2.24) is 0 Å². The van der Waals surface area contributed by atoms with Gasteiger partial charge in [0.25, 0.3) is 0 Å². The smallest absolute Gasteiger partial charge is 0.347 e. The summed E-state index contributed by atoms with van der Waals surface area (Å²) in [6, 6.07) is 10.2. The second kappa shape index (κ2) is 6.62. The maximum atomic E-state index is 11.6. The predicted molar refractivity (Wildman–Crippen MR) is 94.1 cm³/mol. The largest absolute Gasteiger partial charge is 0.508 e. The van der Waals surface area contributed by atoms with E-state index < -0.39 is 5.97 Å². The monoisotopic (exact) mass is 362 g/mol. The van der Waals surface area contributed by atoms with Gasteiger partial charge in [-0.1, -0.05) is 11.8 Å². The minimum absolute atomic E-state index is 0.166. The van der Waals surface area contributed by atoms with Crippen LogP contribution in [-0.4, -0.2) is 30.4 Å². The highest BCUT2D eigenvalue weighted by molar-refractivity contribution is 7.99. The van der Waals surface area contributed by atoms with Crippen LogP contribution in [0.1, 0.15) is 9.67 Å². The van der Waals surface area contributed by atoms with Crippen LogP contribution < -0.4 is 9.47 Å². The Kier molecular flexibility index (Phi) is 4.55. The van der Waals surface area contributed by atoms with Crippen LogP contribution in [0.4, 0.5) is 0 Å². The summed E-state index contributed by atoms with van der Waals surface area (Å²) >= 11 is 2.54. The van der Waals surface area contributed by atoms with Gasteiger partial charge in [-0.15, -0.1) is 11.3 Å². The van der Waals surface area contributed by atoms with Crippen LogP contribution in [0.15, 0.2) is 46.2 Å². The van der Waals surface area contributed by atoms with Crippen LogP contribution in [0.25, 0.3) is 10.1 Å². The molecule has 5 nitrogen and oxygen atoms in total. The van der Waals surface area contributed by atoms with Crippen LogP contribution in [0, 0.1) is 0 Å². The zero-order valence-electron chi connectivity index (χ0n) is 12.9. The standard InChI is InChI=1S/C17H14O5S2/c1-21-12-7-11-14(8-13(12)22-2)24-16(17(19)20)15(11)23-10-5-3-9(18)4-6-10/h3-8,18H,1-2H3,(H,19,20). The van der Waals surface area contributed by atoms with Crippen molar-refractivity contribution >= 4 is 39.2 Å². The average molecular weight is 362 g/mol. The minimum Gasteiger partial charge on any atom is -0.508 e. The van der Waals surface area contributed by atoms with Crippen molar-refractivity contribution in [3.63, 3.8) is 0 Å². The number of fused-ring (bicyclic) bond motifs is 1. The van der Waals surface area contributed by atoms with E-state index in [1.807, 2.05) is 0 Å². The summed E-state index contributed by atoms with van der Waals surface area (Å²) in [4.78, 5) is 13.4. The predicted octanol–water partition coefficient (Wildman–Crippen LogP) is 4.47. The first-order chi connectivity index (χ1) is 11.5. The lowest BCUT2D eigenvalue weighted by molar-refractivity contribution is 0.0699. The molecule has 0 saturated carbocycles. The lowest BCUT2D eigenvalue weighted by Gasteiger charge is -2.08. The van der Waals surface area contributed by atoms with E-state index in [0.717, 1.165) is 15.0 Å². The normalized spacial score (nSPS) is 10.8. The highest BCUT2D eigenvalue weighted by Gasteiger charge is 2.21. The van der Waals surface area contributed by atoms with Gasteiger partial charge in [0, 0.05) is 25.9 Å². The third kappa shape index (κ3) is 3.00. The first kappa shape index (κ1) is 16.5. The molecule has 0 atom stereocenters. The number of hydrogen-bond donors (Lipinski definition) is 2. The molecule has 24 heavy (non-hydrogen) atoms. The van der Waals surface area contributed by atoms with E-state index in [-0.39, 0.29) is 10.6 Å². The molecule has 124 valence electrons. The van der Waals surface area contributed by atoms with Gasteiger partial charge in [-0.05, 0) is 30.3 Å². The Bertz CT molecular complexity index is 899. The van der Waals surface area contributed by atoms with Crippen molar-refractivity contribution in [2.24, 2.45) is 0 Å². The Morgan fingerprint density at radius 1 is 1.08 bits per heavy atom. The van der Waals surface area contributed by atoms with E-state index in [1.54, 1.807) is 50.6 Å². The molecular weight excluding hydrogens is 348 g/mol. The Morgan fingerprint density at radius 2 is 1.71 bits per heavy atom. The summed E-state index contributed by atoms with van der Waals surface area (Å²) in [5.41, 5.74) is 0. The topological polar surface area (TPSA) is 76.0 Å². The number of ether oxygens (including phenoxy) is 2. The zero-order chi connectivity index (χ0) is 17.3. The number of aromatic carboxylic acids is 1. The van der Waals surface area contributed by atoms with Gasteiger partial charge in [0.15, 0.2) is 11.5 Å². The van der Waals surface area contributed by atoms with Crippen LogP contribution in [0.3, 0.4) is 0 Å². The van der Waals surface area contributed by atoms with Crippen LogP contribution in [0.2, 0.25) is 0 Å². The number of thiophene rings is 1. The van der Waals surface area contributed by atoms with Crippen molar-refractivity contribution in [2.75, 3.05) is 14.2 Å². The van der Waals surface area contributed by atoms with Gasteiger partial charge in [-0.3, -0.25) is 0 Å².